The van der Waals surface area contributed by atoms with E-state index in [1.165, 1.54) is 17.2 Å². The smallest absolute Gasteiger partial charge is 0.328 e. The standard InChI is InChI=1S/C10H10O3S/c1-13-8-4-2-3-5-9(8)14-7-6-10(11)12/h2-7H,1H3,(H,11,12)/b7-6+. The molecule has 14 heavy (non-hydrogen) atoms. The molecule has 0 aliphatic rings. The zero-order valence-electron chi connectivity index (χ0n) is 7.64. The van der Waals surface area contributed by atoms with Crippen LogP contribution in [0.2, 0.25) is 0 Å². The number of aliphatic carboxylic acids is 1. The topological polar surface area (TPSA) is 46.5 Å². The monoisotopic (exact) mass is 210 g/mol. The van der Waals surface area contributed by atoms with E-state index in [0.29, 0.717) is 0 Å². The Balaban J connectivity index is 2.71. The Morgan fingerprint density at radius 1 is 1.50 bits per heavy atom. The van der Waals surface area contributed by atoms with E-state index in [0.717, 1.165) is 16.7 Å². The molecule has 0 aliphatic heterocycles. The van der Waals surface area contributed by atoms with E-state index in [1.807, 2.05) is 24.3 Å². The van der Waals surface area contributed by atoms with Crippen molar-refractivity contribution in [3.05, 3.63) is 35.7 Å². The number of para-hydroxylation sites is 1. The lowest BCUT2D eigenvalue weighted by atomic mass is 10.3. The van der Waals surface area contributed by atoms with Crippen molar-refractivity contribution in [2.75, 3.05) is 7.11 Å². The van der Waals surface area contributed by atoms with Crippen LogP contribution in [0.1, 0.15) is 0 Å². The summed E-state index contributed by atoms with van der Waals surface area (Å²) in [7, 11) is 1.58. The van der Waals surface area contributed by atoms with Gasteiger partial charge in [-0.3, -0.25) is 0 Å². The average Bonchev–Trinajstić information content (AvgIpc) is 2.18. The van der Waals surface area contributed by atoms with Gasteiger partial charge in [0.05, 0.1) is 12.0 Å². The second-order valence-electron chi connectivity index (χ2n) is 2.41. The fraction of sp³-hybridized carbons (Fsp3) is 0.100. The lowest BCUT2D eigenvalue weighted by Gasteiger charge is -2.03. The Bertz CT molecular complexity index is 347. The van der Waals surface area contributed by atoms with Crippen LogP contribution in [0.4, 0.5) is 0 Å². The van der Waals surface area contributed by atoms with Gasteiger partial charge in [-0.2, -0.15) is 0 Å². The fourth-order valence-electron chi connectivity index (χ4n) is 0.882. The maximum atomic E-state index is 10.2. The highest BCUT2D eigenvalue weighted by atomic mass is 32.2. The largest absolute Gasteiger partial charge is 0.496 e. The van der Waals surface area contributed by atoms with Crippen LogP contribution < -0.4 is 4.74 Å². The Morgan fingerprint density at radius 3 is 2.86 bits per heavy atom. The van der Waals surface area contributed by atoms with Crippen LogP contribution in [0.15, 0.2) is 40.6 Å². The first-order valence-corrected chi connectivity index (χ1v) is 4.81. The number of hydrogen-bond acceptors (Lipinski definition) is 3. The van der Waals surface area contributed by atoms with Crippen LogP contribution >= 0.6 is 11.8 Å². The van der Waals surface area contributed by atoms with Crippen molar-refractivity contribution in [3.8, 4) is 5.75 Å². The molecule has 0 aliphatic carbocycles. The molecule has 1 aromatic carbocycles. The van der Waals surface area contributed by atoms with Crippen LogP contribution in [-0.4, -0.2) is 18.2 Å². The SMILES string of the molecule is COc1ccccc1S/C=C/C(=O)O. The summed E-state index contributed by atoms with van der Waals surface area (Å²) >= 11 is 1.31. The summed E-state index contributed by atoms with van der Waals surface area (Å²) in [5.41, 5.74) is 0. The number of thioether (sulfide) groups is 1. The van der Waals surface area contributed by atoms with Crippen LogP contribution in [0, 0.1) is 0 Å². The fourth-order valence-corrected chi connectivity index (χ4v) is 1.64. The molecule has 0 aromatic heterocycles. The van der Waals surface area contributed by atoms with Gasteiger partial charge in [-0.1, -0.05) is 23.9 Å². The van der Waals surface area contributed by atoms with Crippen LogP contribution in [-0.2, 0) is 4.79 Å². The van der Waals surface area contributed by atoms with E-state index in [1.54, 1.807) is 7.11 Å². The van der Waals surface area contributed by atoms with Crippen LogP contribution in [0.5, 0.6) is 5.75 Å². The molecule has 0 amide bonds. The van der Waals surface area contributed by atoms with Crippen molar-refractivity contribution < 1.29 is 14.6 Å². The molecule has 0 atom stereocenters. The first kappa shape index (κ1) is 10.7. The molecule has 0 saturated carbocycles. The predicted octanol–water partition coefficient (Wildman–Crippen LogP) is 2.39. The minimum absolute atomic E-state index is 0.743. The van der Waals surface area contributed by atoms with E-state index >= 15 is 0 Å². The van der Waals surface area contributed by atoms with E-state index in [2.05, 4.69) is 0 Å². The first-order chi connectivity index (χ1) is 6.74. The number of rotatable bonds is 4. The summed E-state index contributed by atoms with van der Waals surface area (Å²) in [5, 5.41) is 9.90. The minimum Gasteiger partial charge on any atom is -0.496 e. The van der Waals surface area contributed by atoms with Crippen LogP contribution in [0.25, 0.3) is 0 Å². The third-order valence-corrected chi connectivity index (χ3v) is 2.34. The number of benzene rings is 1. The van der Waals surface area contributed by atoms with Gasteiger partial charge in [-0.15, -0.1) is 0 Å². The molecule has 0 fully saturated rings. The van der Waals surface area contributed by atoms with Gasteiger partial charge in [0.2, 0.25) is 0 Å². The second kappa shape index (κ2) is 5.34. The first-order valence-electron chi connectivity index (χ1n) is 3.93. The number of carbonyl (C=O) groups is 1. The van der Waals surface area contributed by atoms with Gasteiger partial charge in [0.1, 0.15) is 5.75 Å². The molecule has 0 saturated heterocycles. The Labute approximate surface area is 86.4 Å². The highest BCUT2D eigenvalue weighted by molar-refractivity contribution is 8.02. The van der Waals surface area contributed by atoms with Gasteiger partial charge >= 0.3 is 5.97 Å². The normalized spacial score (nSPS) is 10.4. The number of methoxy groups -OCH3 is 1. The Hall–Kier alpha value is -1.42. The summed E-state index contributed by atoms with van der Waals surface area (Å²) in [6.07, 6.45) is 1.09. The summed E-state index contributed by atoms with van der Waals surface area (Å²) < 4.78 is 5.10. The van der Waals surface area contributed by atoms with Gasteiger partial charge in [0, 0.05) is 6.08 Å². The van der Waals surface area contributed by atoms with Crippen molar-refractivity contribution in [3.63, 3.8) is 0 Å². The molecule has 1 N–H and O–H groups in total. The molecule has 1 rings (SSSR count). The number of hydrogen-bond donors (Lipinski definition) is 1. The van der Waals surface area contributed by atoms with Gasteiger partial charge in [0.15, 0.2) is 0 Å². The Morgan fingerprint density at radius 2 is 2.21 bits per heavy atom. The molecule has 0 heterocycles. The number of carboxylic acid groups (broad SMARTS) is 1. The third-order valence-electron chi connectivity index (χ3n) is 1.47. The van der Waals surface area contributed by atoms with Crippen molar-refractivity contribution in [2.24, 2.45) is 0 Å². The molecule has 0 bridgehead atoms. The summed E-state index contributed by atoms with van der Waals surface area (Å²) in [4.78, 5) is 11.1. The van der Waals surface area contributed by atoms with Gasteiger partial charge in [-0.25, -0.2) is 4.79 Å². The lowest BCUT2D eigenvalue weighted by Crippen LogP contribution is -1.86. The molecule has 4 heteroatoms. The molecule has 3 nitrogen and oxygen atoms in total. The predicted molar refractivity (Wildman–Crippen MR) is 55.6 cm³/mol. The molecular weight excluding hydrogens is 200 g/mol. The quantitative estimate of drug-likeness (QED) is 0.612. The van der Waals surface area contributed by atoms with Gasteiger partial charge in [0.25, 0.3) is 0 Å². The van der Waals surface area contributed by atoms with Crippen LogP contribution in [0.3, 0.4) is 0 Å². The number of ether oxygens (including phenoxy) is 1. The summed E-state index contributed by atoms with van der Waals surface area (Å²) in [6.45, 7) is 0. The molecular formula is C10H10O3S. The summed E-state index contributed by atoms with van der Waals surface area (Å²) in [5.74, 6) is -0.208. The van der Waals surface area contributed by atoms with Crippen molar-refractivity contribution in [2.45, 2.75) is 4.90 Å². The minimum atomic E-state index is -0.951. The Kier molecular flexibility index (Phi) is 4.07. The highest BCUT2D eigenvalue weighted by Gasteiger charge is 1.99. The average molecular weight is 210 g/mol. The van der Waals surface area contributed by atoms with Crippen molar-refractivity contribution in [1.82, 2.24) is 0 Å². The molecule has 74 valence electrons. The number of carboxylic acids is 1. The lowest BCUT2D eigenvalue weighted by molar-refractivity contribution is -0.131. The third kappa shape index (κ3) is 3.14. The molecule has 0 radical (unpaired) electrons. The van der Waals surface area contributed by atoms with Gasteiger partial charge in [-0.05, 0) is 17.5 Å². The van der Waals surface area contributed by atoms with E-state index < -0.39 is 5.97 Å². The highest BCUT2D eigenvalue weighted by Crippen LogP contribution is 2.29. The summed E-state index contributed by atoms with van der Waals surface area (Å²) in [6, 6.07) is 7.44. The van der Waals surface area contributed by atoms with E-state index in [9.17, 15) is 4.79 Å². The van der Waals surface area contributed by atoms with Crippen molar-refractivity contribution >= 4 is 17.7 Å². The molecule has 1 aromatic rings. The maximum absolute atomic E-state index is 10.2. The van der Waals surface area contributed by atoms with Gasteiger partial charge < -0.3 is 9.84 Å². The maximum Gasteiger partial charge on any atom is 0.328 e. The zero-order valence-corrected chi connectivity index (χ0v) is 8.45. The molecule has 0 unspecified atom stereocenters. The molecule has 0 spiro atoms. The zero-order chi connectivity index (χ0) is 10.4. The second-order valence-corrected chi connectivity index (χ2v) is 3.36. The van der Waals surface area contributed by atoms with Crippen molar-refractivity contribution in [1.29, 1.82) is 0 Å². The van der Waals surface area contributed by atoms with E-state index in [4.69, 9.17) is 9.84 Å². The van der Waals surface area contributed by atoms with E-state index in [-0.39, 0.29) is 0 Å².